The van der Waals surface area contributed by atoms with E-state index in [1.807, 2.05) is 35.0 Å². The van der Waals surface area contributed by atoms with E-state index in [9.17, 15) is 4.79 Å². The third kappa shape index (κ3) is 4.16. The molecule has 0 fully saturated rings. The number of amides is 1. The largest absolute Gasteiger partial charge is 0.356 e. The molecule has 8 heteroatoms. The van der Waals surface area contributed by atoms with Crippen molar-refractivity contribution >= 4 is 27.5 Å². The molecular weight excluding hydrogens is 360 g/mol. The summed E-state index contributed by atoms with van der Waals surface area (Å²) in [5.41, 5.74) is 0.844. The molecule has 1 amide bonds. The van der Waals surface area contributed by atoms with E-state index < -0.39 is 0 Å². The van der Waals surface area contributed by atoms with Crippen molar-refractivity contribution in [2.75, 3.05) is 6.54 Å². The first kappa shape index (κ1) is 15.7. The van der Waals surface area contributed by atoms with Crippen molar-refractivity contribution in [1.29, 1.82) is 0 Å². The van der Waals surface area contributed by atoms with Gasteiger partial charge in [-0.25, -0.2) is 0 Å². The fourth-order valence-electron chi connectivity index (χ4n) is 2.30. The van der Waals surface area contributed by atoms with Crippen molar-refractivity contribution in [1.82, 2.24) is 29.7 Å². The number of nitrogens with one attached hydrogen (secondary N) is 1. The van der Waals surface area contributed by atoms with Gasteiger partial charge >= 0.3 is 0 Å². The Labute approximate surface area is 141 Å². The Morgan fingerprint density at radius 1 is 1.30 bits per heavy atom. The summed E-state index contributed by atoms with van der Waals surface area (Å²) in [4.78, 5) is 11.8. The van der Waals surface area contributed by atoms with Gasteiger partial charge in [0.05, 0.1) is 10.7 Å². The zero-order chi connectivity index (χ0) is 16.1. The maximum Gasteiger partial charge on any atom is 0.221 e. The van der Waals surface area contributed by atoms with Crippen molar-refractivity contribution < 1.29 is 4.79 Å². The van der Waals surface area contributed by atoms with Crippen molar-refractivity contribution in [3.8, 4) is 0 Å². The summed E-state index contributed by atoms with van der Waals surface area (Å²) in [7, 11) is 0. The molecule has 23 heavy (non-hydrogen) atoms. The van der Waals surface area contributed by atoms with Gasteiger partial charge in [0.1, 0.15) is 5.82 Å². The average molecular weight is 377 g/mol. The number of hydrogen-bond acceptors (Lipinski definition) is 4. The normalized spacial score (nSPS) is 11.0. The Morgan fingerprint density at radius 3 is 3.04 bits per heavy atom. The van der Waals surface area contributed by atoms with Crippen LogP contribution < -0.4 is 5.32 Å². The summed E-state index contributed by atoms with van der Waals surface area (Å²) < 4.78 is 4.63. The minimum absolute atomic E-state index is 0.0303. The topological polar surface area (TPSA) is 77.1 Å². The van der Waals surface area contributed by atoms with Crippen molar-refractivity contribution in [2.45, 2.75) is 25.8 Å². The summed E-state index contributed by atoms with van der Waals surface area (Å²) in [6, 6.07) is 5.81. The van der Waals surface area contributed by atoms with E-state index in [1.165, 1.54) is 0 Å². The van der Waals surface area contributed by atoms with Crippen LogP contribution in [0, 0.1) is 0 Å². The molecule has 3 aromatic rings. The molecule has 0 atom stereocenters. The zero-order valence-electron chi connectivity index (χ0n) is 12.5. The fraction of sp³-hybridized carbons (Fsp3) is 0.333. The second kappa shape index (κ2) is 7.36. The average Bonchev–Trinajstić information content (AvgIpc) is 3.16. The van der Waals surface area contributed by atoms with Crippen LogP contribution in [0.25, 0.3) is 5.65 Å². The fourth-order valence-corrected chi connectivity index (χ4v) is 2.63. The quantitative estimate of drug-likeness (QED) is 0.638. The van der Waals surface area contributed by atoms with Crippen LogP contribution in [-0.2, 0) is 17.8 Å². The van der Waals surface area contributed by atoms with E-state index >= 15 is 0 Å². The van der Waals surface area contributed by atoms with E-state index in [-0.39, 0.29) is 5.91 Å². The van der Waals surface area contributed by atoms with Crippen LogP contribution in [0.2, 0.25) is 0 Å². The molecule has 3 aromatic heterocycles. The van der Waals surface area contributed by atoms with Crippen LogP contribution >= 0.6 is 15.9 Å². The molecule has 120 valence electrons. The van der Waals surface area contributed by atoms with Crippen molar-refractivity contribution in [3.05, 3.63) is 47.1 Å². The molecule has 0 aliphatic rings. The van der Waals surface area contributed by atoms with Crippen LogP contribution in [0.4, 0.5) is 0 Å². The lowest BCUT2D eigenvalue weighted by Crippen LogP contribution is -2.26. The lowest BCUT2D eigenvalue weighted by molar-refractivity contribution is -0.121. The second-order valence-corrected chi connectivity index (χ2v) is 6.09. The highest BCUT2D eigenvalue weighted by molar-refractivity contribution is 9.10. The van der Waals surface area contributed by atoms with Gasteiger partial charge in [-0.2, -0.15) is 5.10 Å². The van der Waals surface area contributed by atoms with Crippen LogP contribution in [0.15, 0.2) is 41.3 Å². The number of aryl methyl sites for hydroxylation is 2. The lowest BCUT2D eigenvalue weighted by atomic mass is 10.3. The molecule has 0 radical (unpaired) electrons. The lowest BCUT2D eigenvalue weighted by Gasteiger charge is -2.05. The zero-order valence-corrected chi connectivity index (χ0v) is 14.1. The Morgan fingerprint density at radius 2 is 2.22 bits per heavy atom. The summed E-state index contributed by atoms with van der Waals surface area (Å²) in [6.07, 6.45) is 7.53. The summed E-state index contributed by atoms with van der Waals surface area (Å²) in [5.74, 6) is 0.943. The van der Waals surface area contributed by atoms with Gasteiger partial charge in [0.2, 0.25) is 5.91 Å². The maximum absolute atomic E-state index is 11.8. The van der Waals surface area contributed by atoms with Crippen LogP contribution in [0.1, 0.15) is 18.7 Å². The molecule has 1 N–H and O–H groups in total. The van der Waals surface area contributed by atoms with E-state index in [0.29, 0.717) is 19.5 Å². The molecule has 0 aromatic carbocycles. The van der Waals surface area contributed by atoms with Gasteiger partial charge in [-0.05, 0) is 34.5 Å². The highest BCUT2D eigenvalue weighted by atomic mass is 79.9. The van der Waals surface area contributed by atoms with Crippen LogP contribution in [0.3, 0.4) is 0 Å². The number of nitrogens with zero attached hydrogens (tertiary/aromatic N) is 5. The number of halogens is 1. The number of fused-ring (bicyclic) bond motifs is 1. The molecule has 0 saturated heterocycles. The van der Waals surface area contributed by atoms with E-state index in [1.54, 1.807) is 10.9 Å². The molecule has 0 saturated carbocycles. The van der Waals surface area contributed by atoms with Gasteiger partial charge in [0, 0.05) is 38.3 Å². The second-order valence-electron chi connectivity index (χ2n) is 5.17. The van der Waals surface area contributed by atoms with E-state index in [2.05, 4.69) is 36.5 Å². The van der Waals surface area contributed by atoms with Crippen LogP contribution in [-0.4, -0.2) is 36.8 Å². The number of carbonyl (C=O) groups excluding carboxylic acids is 1. The number of hydrogen-bond donors (Lipinski definition) is 1. The molecule has 0 bridgehead atoms. The van der Waals surface area contributed by atoms with Crippen molar-refractivity contribution in [3.63, 3.8) is 0 Å². The van der Waals surface area contributed by atoms with Gasteiger partial charge in [-0.15, -0.1) is 10.2 Å². The molecule has 7 nitrogen and oxygen atoms in total. The Kier molecular flexibility index (Phi) is 5.02. The standard InChI is InChI=1S/C15H17BrN6O/c16-12-10-18-21(11-12)9-6-15(23)17-7-3-5-14-20-19-13-4-1-2-8-22(13)14/h1-2,4,8,10-11H,3,5-7,9H2,(H,17,23). The highest BCUT2D eigenvalue weighted by Crippen LogP contribution is 2.06. The first-order chi connectivity index (χ1) is 11.2. The molecule has 3 heterocycles. The SMILES string of the molecule is O=C(CCn1cc(Br)cn1)NCCCc1nnc2ccccn12. The summed E-state index contributed by atoms with van der Waals surface area (Å²) >= 11 is 3.33. The number of pyridine rings is 1. The molecule has 3 rings (SSSR count). The van der Waals surface area contributed by atoms with Gasteiger partial charge in [0.15, 0.2) is 5.65 Å². The Bertz CT molecular complexity index is 796. The van der Waals surface area contributed by atoms with Crippen LogP contribution in [0.5, 0.6) is 0 Å². The molecule has 0 spiro atoms. The first-order valence-corrected chi connectivity index (χ1v) is 8.25. The highest BCUT2D eigenvalue weighted by Gasteiger charge is 2.05. The molecule has 0 aliphatic carbocycles. The summed E-state index contributed by atoms with van der Waals surface area (Å²) in [5, 5.41) is 15.3. The number of rotatable bonds is 7. The van der Waals surface area contributed by atoms with Gasteiger partial charge in [-0.3, -0.25) is 13.9 Å². The van der Waals surface area contributed by atoms with Crippen molar-refractivity contribution in [2.24, 2.45) is 0 Å². The number of carbonyl (C=O) groups is 1. The maximum atomic E-state index is 11.8. The molecule has 0 unspecified atom stereocenters. The van der Waals surface area contributed by atoms with Gasteiger partial charge in [0.25, 0.3) is 0 Å². The molecular formula is C15H17BrN6O. The molecule has 0 aliphatic heterocycles. The Balaban J connectivity index is 1.38. The van der Waals surface area contributed by atoms with Gasteiger partial charge < -0.3 is 5.32 Å². The third-order valence-electron chi connectivity index (χ3n) is 3.45. The third-order valence-corrected chi connectivity index (χ3v) is 3.86. The summed E-state index contributed by atoms with van der Waals surface area (Å²) in [6.45, 7) is 1.20. The monoisotopic (exact) mass is 376 g/mol. The minimum atomic E-state index is 0.0303. The first-order valence-electron chi connectivity index (χ1n) is 7.46. The smallest absolute Gasteiger partial charge is 0.221 e. The number of aromatic nitrogens is 5. The minimum Gasteiger partial charge on any atom is -0.356 e. The van der Waals surface area contributed by atoms with E-state index in [0.717, 1.165) is 28.8 Å². The Hall–Kier alpha value is -2.22. The van der Waals surface area contributed by atoms with Gasteiger partial charge in [-0.1, -0.05) is 6.07 Å². The predicted octanol–water partition coefficient (Wildman–Crippen LogP) is 1.83. The van der Waals surface area contributed by atoms with E-state index in [4.69, 9.17) is 0 Å². The predicted molar refractivity (Wildman–Crippen MR) is 88.9 cm³/mol.